The van der Waals surface area contributed by atoms with Crippen LogP contribution in [0.15, 0.2) is 18.2 Å². The van der Waals surface area contributed by atoms with E-state index < -0.39 is 11.9 Å². The zero-order chi connectivity index (χ0) is 14.4. The predicted octanol–water partition coefficient (Wildman–Crippen LogP) is 2.85. The highest BCUT2D eigenvalue weighted by Gasteiger charge is 2.18. The Hall–Kier alpha value is -1.13. The summed E-state index contributed by atoms with van der Waals surface area (Å²) < 4.78 is 18.9. The smallest absolute Gasteiger partial charge is 0.132 e. The molecule has 0 aliphatic rings. The van der Waals surface area contributed by atoms with Crippen molar-refractivity contribution in [3.63, 3.8) is 0 Å². The fraction of sp³-hybridized carbons (Fsp3) is 0.600. The van der Waals surface area contributed by atoms with E-state index in [4.69, 9.17) is 4.74 Å². The van der Waals surface area contributed by atoms with Crippen molar-refractivity contribution in [3.05, 3.63) is 29.6 Å². The Kier molecular flexibility index (Phi) is 6.25. The van der Waals surface area contributed by atoms with Gasteiger partial charge in [-0.2, -0.15) is 0 Å². The number of benzene rings is 1. The Morgan fingerprint density at radius 1 is 1.37 bits per heavy atom. The Bertz CT molecular complexity index is 396. The van der Waals surface area contributed by atoms with Gasteiger partial charge < -0.3 is 14.7 Å². The van der Waals surface area contributed by atoms with Gasteiger partial charge in [0.05, 0.1) is 18.8 Å². The number of aliphatic hydroxyl groups excluding tert-OH is 1. The lowest BCUT2D eigenvalue weighted by Crippen LogP contribution is -2.25. The molecule has 0 saturated carbocycles. The van der Waals surface area contributed by atoms with Gasteiger partial charge in [-0.3, -0.25) is 0 Å². The van der Waals surface area contributed by atoms with Gasteiger partial charge >= 0.3 is 0 Å². The number of hydrogen-bond acceptors (Lipinski definition) is 3. The molecule has 1 aromatic carbocycles. The first-order valence-corrected chi connectivity index (χ1v) is 6.64. The molecule has 19 heavy (non-hydrogen) atoms. The van der Waals surface area contributed by atoms with E-state index in [0.29, 0.717) is 18.1 Å². The van der Waals surface area contributed by atoms with Crippen LogP contribution in [0.3, 0.4) is 0 Å². The summed E-state index contributed by atoms with van der Waals surface area (Å²) in [6.07, 6.45) is -0.355. The first kappa shape index (κ1) is 15.9. The topological polar surface area (TPSA) is 32.7 Å². The molecule has 3 nitrogen and oxygen atoms in total. The second-order valence-corrected chi connectivity index (χ2v) is 5.32. The molecule has 0 radical (unpaired) electrons. The van der Waals surface area contributed by atoms with Crippen LogP contribution in [0.4, 0.5) is 4.39 Å². The summed E-state index contributed by atoms with van der Waals surface area (Å²) in [6.45, 7) is 5.97. The van der Waals surface area contributed by atoms with Crippen LogP contribution >= 0.6 is 0 Å². The molecule has 1 unspecified atom stereocenters. The lowest BCUT2D eigenvalue weighted by atomic mass is 10.0. The first-order chi connectivity index (χ1) is 8.95. The van der Waals surface area contributed by atoms with E-state index in [0.717, 1.165) is 13.1 Å². The summed E-state index contributed by atoms with van der Waals surface area (Å²) in [5.74, 6) is 0.558. The maximum absolute atomic E-state index is 13.8. The minimum Gasteiger partial charge on any atom is -0.496 e. The third kappa shape index (κ3) is 4.80. The number of aliphatic hydroxyl groups is 1. The molecular weight excluding hydrogens is 245 g/mol. The molecule has 0 aromatic heterocycles. The molecule has 0 heterocycles. The van der Waals surface area contributed by atoms with Crippen molar-refractivity contribution in [3.8, 4) is 5.75 Å². The van der Waals surface area contributed by atoms with E-state index in [1.807, 2.05) is 7.05 Å². The highest BCUT2D eigenvalue weighted by molar-refractivity contribution is 5.36. The minimum atomic E-state index is -0.842. The number of hydrogen-bond donors (Lipinski definition) is 1. The molecule has 1 atom stereocenters. The van der Waals surface area contributed by atoms with Gasteiger partial charge in [-0.15, -0.1) is 0 Å². The van der Waals surface area contributed by atoms with Crippen molar-refractivity contribution in [1.29, 1.82) is 0 Å². The third-order valence-corrected chi connectivity index (χ3v) is 3.03. The third-order valence-electron chi connectivity index (χ3n) is 3.03. The van der Waals surface area contributed by atoms with Crippen LogP contribution in [0, 0.1) is 11.7 Å². The monoisotopic (exact) mass is 269 g/mol. The van der Waals surface area contributed by atoms with Gasteiger partial charge in [0.25, 0.3) is 0 Å². The number of methoxy groups -OCH3 is 1. The average Bonchev–Trinajstić information content (AvgIpc) is 2.34. The molecule has 0 amide bonds. The van der Waals surface area contributed by atoms with Crippen molar-refractivity contribution in [2.45, 2.75) is 26.4 Å². The largest absolute Gasteiger partial charge is 0.496 e. The van der Waals surface area contributed by atoms with Crippen LogP contribution in [-0.2, 0) is 0 Å². The number of ether oxygens (including phenoxy) is 1. The second kappa shape index (κ2) is 7.46. The molecule has 0 aliphatic carbocycles. The SMILES string of the molecule is COc1cccc(F)c1C(O)CCN(C)CC(C)C. The summed E-state index contributed by atoms with van der Waals surface area (Å²) >= 11 is 0. The van der Waals surface area contributed by atoms with Crippen LogP contribution in [0.1, 0.15) is 31.9 Å². The van der Waals surface area contributed by atoms with Gasteiger partial charge in [0.1, 0.15) is 11.6 Å². The van der Waals surface area contributed by atoms with Gasteiger partial charge in [0.15, 0.2) is 0 Å². The Labute approximate surface area is 115 Å². The van der Waals surface area contributed by atoms with Crippen LogP contribution in [0.2, 0.25) is 0 Å². The fourth-order valence-electron chi connectivity index (χ4n) is 2.22. The Morgan fingerprint density at radius 2 is 2.05 bits per heavy atom. The molecule has 0 spiro atoms. The summed E-state index contributed by atoms with van der Waals surface area (Å²) in [5.41, 5.74) is 0.253. The number of nitrogens with zero attached hydrogens (tertiary/aromatic N) is 1. The Balaban J connectivity index is 2.65. The average molecular weight is 269 g/mol. The fourth-order valence-corrected chi connectivity index (χ4v) is 2.22. The van der Waals surface area contributed by atoms with Crippen molar-refractivity contribution >= 4 is 0 Å². The summed E-state index contributed by atoms with van der Waals surface area (Å²) in [6, 6.07) is 4.59. The lowest BCUT2D eigenvalue weighted by Gasteiger charge is -2.21. The zero-order valence-electron chi connectivity index (χ0n) is 12.2. The van der Waals surface area contributed by atoms with E-state index in [-0.39, 0.29) is 5.56 Å². The summed E-state index contributed by atoms with van der Waals surface area (Å²) in [7, 11) is 3.49. The standard InChI is InChI=1S/C15H24FNO2/c1-11(2)10-17(3)9-8-13(18)15-12(16)6-5-7-14(15)19-4/h5-7,11,13,18H,8-10H2,1-4H3. The maximum atomic E-state index is 13.8. The number of halogens is 1. The van der Waals surface area contributed by atoms with E-state index in [1.54, 1.807) is 12.1 Å². The maximum Gasteiger partial charge on any atom is 0.132 e. The minimum absolute atomic E-state index is 0.253. The molecule has 0 aliphatic heterocycles. The van der Waals surface area contributed by atoms with Gasteiger partial charge in [-0.05, 0) is 31.5 Å². The van der Waals surface area contributed by atoms with Gasteiger partial charge in [0.2, 0.25) is 0 Å². The normalized spacial score (nSPS) is 13.1. The molecule has 108 valence electrons. The van der Waals surface area contributed by atoms with Crippen molar-refractivity contribution in [2.24, 2.45) is 5.92 Å². The van der Waals surface area contributed by atoms with Crippen molar-refractivity contribution in [1.82, 2.24) is 4.90 Å². The van der Waals surface area contributed by atoms with E-state index >= 15 is 0 Å². The second-order valence-electron chi connectivity index (χ2n) is 5.32. The number of rotatable bonds is 7. The zero-order valence-corrected chi connectivity index (χ0v) is 12.2. The molecule has 1 rings (SSSR count). The molecule has 4 heteroatoms. The van der Waals surface area contributed by atoms with Gasteiger partial charge in [-0.1, -0.05) is 19.9 Å². The van der Waals surface area contributed by atoms with Crippen LogP contribution in [0.5, 0.6) is 5.75 Å². The van der Waals surface area contributed by atoms with Crippen molar-refractivity contribution in [2.75, 3.05) is 27.2 Å². The highest BCUT2D eigenvalue weighted by Crippen LogP contribution is 2.29. The van der Waals surface area contributed by atoms with Crippen LogP contribution < -0.4 is 4.74 Å². The van der Waals surface area contributed by atoms with Gasteiger partial charge in [-0.25, -0.2) is 4.39 Å². The van der Waals surface area contributed by atoms with E-state index in [9.17, 15) is 9.50 Å². The Morgan fingerprint density at radius 3 is 2.63 bits per heavy atom. The molecule has 1 aromatic rings. The van der Waals surface area contributed by atoms with Crippen LogP contribution in [0.25, 0.3) is 0 Å². The van der Waals surface area contributed by atoms with Gasteiger partial charge in [0, 0.05) is 13.1 Å². The first-order valence-electron chi connectivity index (χ1n) is 6.64. The molecule has 0 fully saturated rings. The molecular formula is C15H24FNO2. The quantitative estimate of drug-likeness (QED) is 0.826. The molecule has 0 saturated heterocycles. The summed E-state index contributed by atoms with van der Waals surface area (Å²) in [4.78, 5) is 2.14. The van der Waals surface area contributed by atoms with Crippen LogP contribution in [-0.4, -0.2) is 37.3 Å². The highest BCUT2D eigenvalue weighted by atomic mass is 19.1. The van der Waals surface area contributed by atoms with Crippen molar-refractivity contribution < 1.29 is 14.2 Å². The van der Waals surface area contributed by atoms with E-state index in [1.165, 1.54) is 13.2 Å². The molecule has 0 bridgehead atoms. The lowest BCUT2D eigenvalue weighted by molar-refractivity contribution is 0.139. The predicted molar refractivity (Wildman–Crippen MR) is 74.9 cm³/mol. The summed E-state index contributed by atoms with van der Waals surface area (Å²) in [5, 5.41) is 10.1. The molecule has 1 N–H and O–H groups in total. The van der Waals surface area contributed by atoms with E-state index in [2.05, 4.69) is 18.7 Å².